The van der Waals surface area contributed by atoms with E-state index in [1.165, 1.54) is 0 Å². The van der Waals surface area contributed by atoms with E-state index in [1.54, 1.807) is 7.05 Å². The largest absolute Gasteiger partial charge is 0.355 e. The third-order valence-corrected chi connectivity index (χ3v) is 5.99. The Morgan fingerprint density at radius 3 is 2.45 bits per heavy atom. The van der Waals surface area contributed by atoms with E-state index in [9.17, 15) is 9.59 Å². The van der Waals surface area contributed by atoms with E-state index in [-0.39, 0.29) is 17.7 Å². The molecule has 156 valence electrons. The second kappa shape index (κ2) is 7.74. The first-order valence-electron chi connectivity index (χ1n) is 10.4. The lowest BCUT2D eigenvalue weighted by Crippen LogP contribution is -2.42. The number of hydrogen-bond acceptors (Lipinski definition) is 5. The monoisotopic (exact) mass is 398 g/mol. The van der Waals surface area contributed by atoms with Crippen LogP contribution in [-0.2, 0) is 11.8 Å². The van der Waals surface area contributed by atoms with Crippen molar-refractivity contribution >= 4 is 22.8 Å². The molecule has 2 aliphatic rings. The third kappa shape index (κ3) is 3.85. The first-order chi connectivity index (χ1) is 13.9. The van der Waals surface area contributed by atoms with Crippen molar-refractivity contribution in [2.45, 2.75) is 37.5 Å². The van der Waals surface area contributed by atoms with Crippen molar-refractivity contribution in [3.8, 4) is 0 Å². The van der Waals surface area contributed by atoms with E-state index in [1.807, 2.05) is 41.7 Å². The van der Waals surface area contributed by atoms with Crippen LogP contribution in [0.3, 0.4) is 0 Å². The van der Waals surface area contributed by atoms with Crippen LogP contribution in [0.4, 0.5) is 0 Å². The molecule has 0 radical (unpaired) electrons. The van der Waals surface area contributed by atoms with Gasteiger partial charge >= 0.3 is 0 Å². The number of nitrogens with zero attached hydrogens (tertiary/aromatic N) is 5. The van der Waals surface area contributed by atoms with Crippen molar-refractivity contribution in [1.29, 1.82) is 0 Å². The molecule has 1 saturated heterocycles. The summed E-state index contributed by atoms with van der Waals surface area (Å²) in [4.78, 5) is 33.7. The topological polar surface area (TPSA) is 83.4 Å². The lowest BCUT2D eigenvalue weighted by atomic mass is 9.90. The molecule has 2 aromatic heterocycles. The Hall–Kier alpha value is -2.48. The highest BCUT2D eigenvalue weighted by Crippen LogP contribution is 2.41. The Morgan fingerprint density at radius 2 is 1.86 bits per heavy atom. The molecule has 4 rings (SSSR count). The number of pyridine rings is 1. The number of carbonyl (C=O) groups excluding carboxylic acids is 2. The number of amides is 2. The molecule has 8 nitrogen and oxygen atoms in total. The van der Waals surface area contributed by atoms with Gasteiger partial charge in [0.25, 0.3) is 5.91 Å². The van der Waals surface area contributed by atoms with Gasteiger partial charge in [-0.05, 0) is 45.8 Å². The van der Waals surface area contributed by atoms with E-state index in [0.717, 1.165) is 61.2 Å². The van der Waals surface area contributed by atoms with Gasteiger partial charge in [-0.15, -0.1) is 0 Å². The Balaban J connectivity index is 1.65. The lowest BCUT2D eigenvalue weighted by Gasteiger charge is -2.32. The Kier molecular flexibility index (Phi) is 5.29. The second-order valence-electron chi connectivity index (χ2n) is 8.55. The fourth-order valence-electron chi connectivity index (χ4n) is 4.26. The summed E-state index contributed by atoms with van der Waals surface area (Å²) in [6, 6.07) is 1.96. The van der Waals surface area contributed by atoms with E-state index < -0.39 is 0 Å². The van der Waals surface area contributed by atoms with Crippen molar-refractivity contribution in [1.82, 2.24) is 29.9 Å². The molecule has 8 heteroatoms. The molecular weight excluding hydrogens is 368 g/mol. The number of rotatable bonds is 5. The predicted octanol–water partition coefficient (Wildman–Crippen LogP) is 1.47. The molecule has 2 aromatic rings. The molecule has 2 fully saturated rings. The molecule has 29 heavy (non-hydrogen) atoms. The molecule has 0 unspecified atom stereocenters. The summed E-state index contributed by atoms with van der Waals surface area (Å²) < 4.78 is 1.81. The highest BCUT2D eigenvalue weighted by Gasteiger charge is 2.32. The van der Waals surface area contributed by atoms with Gasteiger partial charge in [-0.2, -0.15) is 5.10 Å². The summed E-state index contributed by atoms with van der Waals surface area (Å²) in [6.45, 7) is 1.88. The van der Waals surface area contributed by atoms with E-state index in [2.05, 4.69) is 5.32 Å². The summed E-state index contributed by atoms with van der Waals surface area (Å²) in [5, 5.41) is 8.44. The second-order valence-corrected chi connectivity index (χ2v) is 8.55. The molecule has 0 spiro atoms. The van der Waals surface area contributed by atoms with Crippen LogP contribution in [0.2, 0.25) is 0 Å². The first kappa shape index (κ1) is 19.8. The number of nitrogens with one attached hydrogen (secondary N) is 1. The van der Waals surface area contributed by atoms with Gasteiger partial charge in [0.05, 0.1) is 23.2 Å². The molecule has 1 N–H and O–H groups in total. The van der Waals surface area contributed by atoms with Crippen molar-refractivity contribution < 1.29 is 9.59 Å². The molecule has 3 heterocycles. The van der Waals surface area contributed by atoms with Crippen LogP contribution in [0.15, 0.2) is 6.07 Å². The van der Waals surface area contributed by atoms with Gasteiger partial charge in [0, 0.05) is 44.7 Å². The molecule has 0 bridgehead atoms. The maximum atomic E-state index is 12.7. The van der Waals surface area contributed by atoms with Crippen molar-refractivity contribution in [3.63, 3.8) is 0 Å². The van der Waals surface area contributed by atoms with Gasteiger partial charge < -0.3 is 15.1 Å². The molecular formula is C21H30N6O2. The van der Waals surface area contributed by atoms with Gasteiger partial charge in [-0.3, -0.25) is 14.3 Å². The summed E-state index contributed by atoms with van der Waals surface area (Å²) >= 11 is 0. The smallest absolute Gasteiger partial charge is 0.251 e. The summed E-state index contributed by atoms with van der Waals surface area (Å²) in [5.74, 6) is 0.763. The average Bonchev–Trinajstić information content (AvgIpc) is 3.50. The van der Waals surface area contributed by atoms with E-state index >= 15 is 0 Å². The SMILES string of the molecule is CNC(=O)c1cc(C2CC2)nc2c1c(C1CCN(C(=O)CN(C)C)CC1)nn2C. The normalized spacial score (nSPS) is 17.9. The highest BCUT2D eigenvalue weighted by molar-refractivity contribution is 6.06. The van der Waals surface area contributed by atoms with Gasteiger partial charge in [0.2, 0.25) is 5.91 Å². The van der Waals surface area contributed by atoms with Crippen LogP contribution < -0.4 is 5.32 Å². The van der Waals surface area contributed by atoms with Gasteiger partial charge in [-0.1, -0.05) is 0 Å². The van der Waals surface area contributed by atoms with Crippen LogP contribution in [0.25, 0.3) is 11.0 Å². The Labute approximate surface area is 171 Å². The molecule has 0 aromatic carbocycles. The van der Waals surface area contributed by atoms with Crippen molar-refractivity contribution in [2.75, 3.05) is 40.8 Å². The standard InChI is InChI=1S/C21H30N6O2/c1-22-21(29)15-11-16(13-5-6-13)23-20-18(15)19(24-26(20)4)14-7-9-27(10-8-14)17(28)12-25(2)3/h11,13-14H,5-10,12H2,1-4H3,(H,22,29). The number of likely N-dealkylation sites (N-methyl/N-ethyl adjacent to an activating group) is 1. The molecule has 0 atom stereocenters. The van der Waals surface area contributed by atoms with E-state index in [4.69, 9.17) is 10.1 Å². The molecule has 1 saturated carbocycles. The highest BCUT2D eigenvalue weighted by atomic mass is 16.2. The van der Waals surface area contributed by atoms with Crippen LogP contribution in [0.1, 0.15) is 59.3 Å². The first-order valence-corrected chi connectivity index (χ1v) is 10.4. The fourth-order valence-corrected chi connectivity index (χ4v) is 4.26. The number of piperidine rings is 1. The number of aryl methyl sites for hydroxylation is 1. The number of aromatic nitrogens is 3. The zero-order valence-electron chi connectivity index (χ0n) is 17.7. The Morgan fingerprint density at radius 1 is 1.17 bits per heavy atom. The minimum atomic E-state index is -0.0906. The van der Waals surface area contributed by atoms with Crippen LogP contribution in [-0.4, -0.2) is 77.2 Å². The Bertz CT molecular complexity index is 938. The number of likely N-dealkylation sites (tertiary alicyclic amines) is 1. The zero-order chi connectivity index (χ0) is 20.7. The summed E-state index contributed by atoms with van der Waals surface area (Å²) in [6.07, 6.45) is 3.97. The fraction of sp³-hybridized carbons (Fsp3) is 0.619. The zero-order valence-corrected chi connectivity index (χ0v) is 17.7. The third-order valence-electron chi connectivity index (χ3n) is 5.99. The van der Waals surface area contributed by atoms with Gasteiger partial charge in [-0.25, -0.2) is 4.98 Å². The summed E-state index contributed by atoms with van der Waals surface area (Å²) in [7, 11) is 7.39. The van der Waals surface area contributed by atoms with Crippen LogP contribution >= 0.6 is 0 Å². The molecule has 1 aliphatic carbocycles. The van der Waals surface area contributed by atoms with Crippen LogP contribution in [0.5, 0.6) is 0 Å². The lowest BCUT2D eigenvalue weighted by molar-refractivity contribution is -0.132. The van der Waals surface area contributed by atoms with Gasteiger partial charge in [0.15, 0.2) is 5.65 Å². The van der Waals surface area contributed by atoms with Gasteiger partial charge in [0.1, 0.15) is 0 Å². The maximum Gasteiger partial charge on any atom is 0.251 e. The minimum absolute atomic E-state index is 0.0906. The molecule has 1 aliphatic heterocycles. The van der Waals surface area contributed by atoms with Crippen LogP contribution in [0, 0.1) is 0 Å². The maximum absolute atomic E-state index is 12.7. The predicted molar refractivity (Wildman–Crippen MR) is 111 cm³/mol. The average molecular weight is 399 g/mol. The number of fused-ring (bicyclic) bond motifs is 1. The van der Waals surface area contributed by atoms with E-state index in [0.29, 0.717) is 18.0 Å². The summed E-state index contributed by atoms with van der Waals surface area (Å²) in [5.41, 5.74) is 3.40. The number of hydrogen-bond donors (Lipinski definition) is 1. The quantitative estimate of drug-likeness (QED) is 0.825. The van der Waals surface area contributed by atoms with Crippen molar-refractivity contribution in [2.24, 2.45) is 7.05 Å². The van der Waals surface area contributed by atoms with Crippen molar-refractivity contribution in [3.05, 3.63) is 23.0 Å². The minimum Gasteiger partial charge on any atom is -0.355 e. The molecule has 2 amide bonds. The number of carbonyl (C=O) groups is 2.